The van der Waals surface area contributed by atoms with E-state index in [2.05, 4.69) is 15.7 Å². The Balaban J connectivity index is 0.00000144. The summed E-state index contributed by atoms with van der Waals surface area (Å²) in [5.41, 5.74) is 2.81. The molecule has 2 fully saturated rings. The van der Waals surface area contributed by atoms with E-state index in [4.69, 9.17) is 4.74 Å². The maximum Gasteiger partial charge on any atom is 0.284 e. The minimum Gasteiger partial charge on any atom is -0.486 e. The number of carbonyl (C=O) groups excluding carboxylic acids is 1. The molecule has 3 rings (SSSR count). The minimum atomic E-state index is -0.729. The molecule has 0 aromatic carbocycles. The van der Waals surface area contributed by atoms with Crippen molar-refractivity contribution in [2.75, 3.05) is 26.2 Å². The predicted molar refractivity (Wildman–Crippen MR) is 93.5 cm³/mol. The fourth-order valence-electron chi connectivity index (χ4n) is 2.76. The number of halogens is 3. The number of pyridine rings is 1. The fourth-order valence-corrected chi connectivity index (χ4v) is 2.76. The summed E-state index contributed by atoms with van der Waals surface area (Å²) in [6, 6.07) is 2.99. The van der Waals surface area contributed by atoms with Crippen LogP contribution in [0.4, 0.5) is 4.39 Å². The standard InChI is InChI=1S/C15H21FN4O2.2ClH/c16-14-13(22-11-5-7-17-8-6-11)4-3-12(18-14)15(21)19-20-9-1-2-10-20;;/h3-4,11,17H,1-2,5-10H2,(H,19,21);2*1H. The second-order valence-corrected chi connectivity index (χ2v) is 5.69. The van der Waals surface area contributed by atoms with Gasteiger partial charge in [-0.2, -0.15) is 4.39 Å². The molecule has 2 saturated heterocycles. The highest BCUT2D eigenvalue weighted by Gasteiger charge is 2.20. The third-order valence-corrected chi connectivity index (χ3v) is 3.99. The van der Waals surface area contributed by atoms with Crippen LogP contribution in [0.15, 0.2) is 12.1 Å². The number of rotatable bonds is 4. The van der Waals surface area contributed by atoms with Crippen LogP contribution in [0, 0.1) is 5.95 Å². The van der Waals surface area contributed by atoms with Gasteiger partial charge in [-0.1, -0.05) is 0 Å². The molecule has 3 heterocycles. The summed E-state index contributed by atoms with van der Waals surface area (Å²) in [6.45, 7) is 3.39. The predicted octanol–water partition coefficient (Wildman–Crippen LogP) is 1.94. The lowest BCUT2D eigenvalue weighted by Gasteiger charge is -2.23. The van der Waals surface area contributed by atoms with E-state index in [-0.39, 0.29) is 48.3 Å². The van der Waals surface area contributed by atoms with Crippen molar-refractivity contribution in [2.24, 2.45) is 0 Å². The summed E-state index contributed by atoms with van der Waals surface area (Å²) in [6.07, 6.45) is 3.81. The second-order valence-electron chi connectivity index (χ2n) is 5.69. The highest BCUT2D eigenvalue weighted by Crippen LogP contribution is 2.20. The van der Waals surface area contributed by atoms with Gasteiger partial charge in [0.25, 0.3) is 11.9 Å². The zero-order valence-electron chi connectivity index (χ0n) is 13.3. The monoisotopic (exact) mass is 380 g/mol. The molecule has 1 aromatic heterocycles. The molecule has 2 N–H and O–H groups in total. The van der Waals surface area contributed by atoms with Crippen LogP contribution in [0.25, 0.3) is 0 Å². The molecule has 0 saturated carbocycles. The summed E-state index contributed by atoms with van der Waals surface area (Å²) >= 11 is 0. The summed E-state index contributed by atoms with van der Waals surface area (Å²) in [5.74, 6) is -0.994. The van der Waals surface area contributed by atoms with Crippen LogP contribution < -0.4 is 15.5 Å². The van der Waals surface area contributed by atoms with E-state index in [1.165, 1.54) is 12.1 Å². The van der Waals surface area contributed by atoms with Crippen molar-refractivity contribution in [1.29, 1.82) is 0 Å². The number of hydrogen-bond donors (Lipinski definition) is 2. The Morgan fingerprint density at radius 2 is 1.92 bits per heavy atom. The van der Waals surface area contributed by atoms with Crippen molar-refractivity contribution in [3.63, 3.8) is 0 Å². The van der Waals surface area contributed by atoms with Crippen LogP contribution in [0.5, 0.6) is 5.75 Å². The van der Waals surface area contributed by atoms with Gasteiger partial charge in [0.1, 0.15) is 11.8 Å². The highest BCUT2D eigenvalue weighted by atomic mass is 35.5. The van der Waals surface area contributed by atoms with E-state index in [0.717, 1.165) is 51.9 Å². The zero-order chi connectivity index (χ0) is 15.4. The third-order valence-electron chi connectivity index (χ3n) is 3.99. The molecule has 0 aliphatic carbocycles. The highest BCUT2D eigenvalue weighted by molar-refractivity contribution is 5.91. The molecule has 1 aromatic rings. The minimum absolute atomic E-state index is 0. The van der Waals surface area contributed by atoms with Crippen molar-refractivity contribution in [3.05, 3.63) is 23.8 Å². The van der Waals surface area contributed by atoms with Gasteiger partial charge in [0, 0.05) is 13.1 Å². The van der Waals surface area contributed by atoms with Gasteiger partial charge in [0.05, 0.1) is 0 Å². The Morgan fingerprint density at radius 3 is 2.54 bits per heavy atom. The Hall–Kier alpha value is -1.15. The van der Waals surface area contributed by atoms with E-state index in [1.807, 2.05) is 5.01 Å². The van der Waals surface area contributed by atoms with Crippen molar-refractivity contribution in [3.8, 4) is 5.75 Å². The fraction of sp³-hybridized carbons (Fsp3) is 0.600. The number of carbonyl (C=O) groups is 1. The average Bonchev–Trinajstić information content (AvgIpc) is 3.03. The molecule has 2 aliphatic rings. The molecule has 0 unspecified atom stereocenters. The topological polar surface area (TPSA) is 66.5 Å². The maximum absolute atomic E-state index is 14.0. The smallest absolute Gasteiger partial charge is 0.284 e. The van der Waals surface area contributed by atoms with Crippen molar-refractivity contribution in [1.82, 2.24) is 20.7 Å². The zero-order valence-corrected chi connectivity index (χ0v) is 14.9. The van der Waals surface area contributed by atoms with Crippen LogP contribution >= 0.6 is 24.8 Å². The Morgan fingerprint density at radius 1 is 1.25 bits per heavy atom. The molecule has 136 valence electrons. The van der Waals surface area contributed by atoms with Crippen LogP contribution in [-0.4, -0.2) is 48.2 Å². The maximum atomic E-state index is 14.0. The first kappa shape index (κ1) is 20.9. The van der Waals surface area contributed by atoms with Gasteiger partial charge in [-0.25, -0.2) is 9.99 Å². The van der Waals surface area contributed by atoms with Gasteiger partial charge in [-0.15, -0.1) is 24.8 Å². The third kappa shape index (κ3) is 5.44. The van der Waals surface area contributed by atoms with Gasteiger partial charge in [-0.05, 0) is 50.9 Å². The van der Waals surface area contributed by atoms with Crippen LogP contribution in [-0.2, 0) is 0 Å². The molecule has 0 spiro atoms. The number of nitrogens with zero attached hydrogens (tertiary/aromatic N) is 2. The molecule has 0 atom stereocenters. The van der Waals surface area contributed by atoms with Gasteiger partial charge >= 0.3 is 0 Å². The van der Waals surface area contributed by atoms with Crippen LogP contribution in [0.1, 0.15) is 36.2 Å². The molecule has 9 heteroatoms. The molecule has 1 amide bonds. The number of hydrazine groups is 1. The number of hydrogen-bond acceptors (Lipinski definition) is 5. The number of amides is 1. The quantitative estimate of drug-likeness (QED) is 0.781. The molecular formula is C15H23Cl2FN4O2. The lowest BCUT2D eigenvalue weighted by Crippen LogP contribution is -2.40. The summed E-state index contributed by atoms with van der Waals surface area (Å²) in [4.78, 5) is 15.8. The number of nitrogens with one attached hydrogen (secondary N) is 2. The Bertz CT molecular complexity index is 538. The first-order chi connectivity index (χ1) is 10.7. The largest absolute Gasteiger partial charge is 0.486 e. The van der Waals surface area contributed by atoms with Gasteiger partial charge in [-0.3, -0.25) is 10.2 Å². The molecule has 0 bridgehead atoms. The van der Waals surface area contributed by atoms with Gasteiger partial charge < -0.3 is 10.1 Å². The average molecular weight is 381 g/mol. The summed E-state index contributed by atoms with van der Waals surface area (Å²) in [5, 5.41) is 5.06. The molecule has 6 nitrogen and oxygen atoms in total. The first-order valence-electron chi connectivity index (χ1n) is 7.82. The first-order valence-corrected chi connectivity index (χ1v) is 7.82. The van der Waals surface area contributed by atoms with E-state index in [0.29, 0.717) is 0 Å². The summed E-state index contributed by atoms with van der Waals surface area (Å²) < 4.78 is 19.7. The SMILES string of the molecule is Cl.Cl.O=C(NN1CCCC1)c1ccc(OC2CCNCC2)c(F)n1. The molecular weight excluding hydrogens is 358 g/mol. The van der Waals surface area contributed by atoms with Crippen molar-refractivity contribution >= 4 is 30.7 Å². The summed E-state index contributed by atoms with van der Waals surface area (Å²) in [7, 11) is 0. The lowest BCUT2D eigenvalue weighted by molar-refractivity contribution is 0.0818. The number of piperidine rings is 1. The van der Waals surface area contributed by atoms with E-state index in [1.54, 1.807) is 0 Å². The molecule has 24 heavy (non-hydrogen) atoms. The Kier molecular flexibility index (Phi) is 8.69. The normalized spacial score (nSPS) is 18.4. The second kappa shape index (κ2) is 9.98. The van der Waals surface area contributed by atoms with E-state index >= 15 is 0 Å². The Labute approximate surface area is 153 Å². The van der Waals surface area contributed by atoms with Gasteiger partial charge in [0.2, 0.25) is 0 Å². The van der Waals surface area contributed by atoms with Crippen molar-refractivity contribution in [2.45, 2.75) is 31.8 Å². The van der Waals surface area contributed by atoms with E-state index in [9.17, 15) is 9.18 Å². The van der Waals surface area contributed by atoms with Crippen LogP contribution in [0.2, 0.25) is 0 Å². The van der Waals surface area contributed by atoms with E-state index < -0.39 is 5.95 Å². The number of aromatic nitrogens is 1. The molecule has 2 aliphatic heterocycles. The van der Waals surface area contributed by atoms with Crippen molar-refractivity contribution < 1.29 is 13.9 Å². The molecule has 0 radical (unpaired) electrons. The lowest BCUT2D eigenvalue weighted by atomic mass is 10.1. The van der Waals surface area contributed by atoms with Crippen LogP contribution in [0.3, 0.4) is 0 Å². The number of ether oxygens (including phenoxy) is 1. The van der Waals surface area contributed by atoms with Gasteiger partial charge in [0.15, 0.2) is 5.75 Å².